The quantitative estimate of drug-likeness (QED) is 0.656. The van der Waals surface area contributed by atoms with E-state index in [1.54, 1.807) is 7.11 Å². The van der Waals surface area contributed by atoms with Gasteiger partial charge in [-0.05, 0) is 18.6 Å². The maximum absolute atomic E-state index is 11.5. The lowest BCUT2D eigenvalue weighted by molar-refractivity contribution is 0.0812. The average Bonchev–Trinajstić information content (AvgIpc) is 2.43. The molecule has 0 aromatic heterocycles. The molecule has 0 N–H and O–H groups in total. The molecule has 1 aliphatic carbocycles. The largest absolute Gasteiger partial charge is 0.376 e. The minimum Gasteiger partial charge on any atom is -0.376 e. The van der Waals surface area contributed by atoms with Gasteiger partial charge in [0.25, 0.3) is 0 Å². The van der Waals surface area contributed by atoms with E-state index < -0.39 is 0 Å². The molecule has 68 valence electrons. The van der Waals surface area contributed by atoms with E-state index in [1.807, 2.05) is 25.1 Å². The first-order chi connectivity index (χ1) is 6.22. The second kappa shape index (κ2) is 2.96. The molecule has 1 unspecified atom stereocenters. The normalized spacial score (nSPS) is 20.5. The maximum Gasteiger partial charge on any atom is 0.166 e. The molecule has 0 saturated heterocycles. The highest BCUT2D eigenvalue weighted by Gasteiger charge is 2.28. The minimum absolute atomic E-state index is 0.0249. The number of hydrogen-bond donors (Lipinski definition) is 0. The van der Waals surface area contributed by atoms with E-state index in [4.69, 9.17) is 4.74 Å². The van der Waals surface area contributed by atoms with Crippen molar-refractivity contribution in [2.45, 2.75) is 19.4 Å². The fraction of sp³-hybridized carbons (Fsp3) is 0.364. The minimum atomic E-state index is -0.0249. The van der Waals surface area contributed by atoms with E-state index in [2.05, 4.69) is 0 Å². The van der Waals surface area contributed by atoms with Gasteiger partial charge in [0.2, 0.25) is 0 Å². The number of carbonyl (C=O) groups is 1. The van der Waals surface area contributed by atoms with Crippen LogP contribution in [-0.2, 0) is 4.74 Å². The summed E-state index contributed by atoms with van der Waals surface area (Å²) in [5, 5.41) is 0. The molecule has 0 heterocycles. The molecular weight excluding hydrogens is 164 g/mol. The van der Waals surface area contributed by atoms with Crippen molar-refractivity contribution in [3.05, 3.63) is 34.9 Å². The van der Waals surface area contributed by atoms with Crippen molar-refractivity contribution in [3.63, 3.8) is 0 Å². The first-order valence-corrected chi connectivity index (χ1v) is 4.39. The molecule has 0 aliphatic heterocycles. The SMILES string of the molecule is COC1CC(=O)c2cc(C)ccc21. The van der Waals surface area contributed by atoms with Crippen molar-refractivity contribution in [3.8, 4) is 0 Å². The number of fused-ring (bicyclic) bond motifs is 1. The molecule has 1 aromatic carbocycles. The van der Waals surface area contributed by atoms with Crippen LogP contribution in [0, 0.1) is 6.92 Å². The third kappa shape index (κ3) is 1.27. The Kier molecular flexibility index (Phi) is 1.93. The average molecular weight is 176 g/mol. The smallest absolute Gasteiger partial charge is 0.166 e. The van der Waals surface area contributed by atoms with Crippen LogP contribution in [0.5, 0.6) is 0 Å². The van der Waals surface area contributed by atoms with E-state index in [9.17, 15) is 4.79 Å². The van der Waals surface area contributed by atoms with Crippen molar-refractivity contribution in [2.75, 3.05) is 7.11 Å². The zero-order valence-corrected chi connectivity index (χ0v) is 7.83. The topological polar surface area (TPSA) is 26.3 Å². The van der Waals surface area contributed by atoms with Crippen LogP contribution in [0.25, 0.3) is 0 Å². The summed E-state index contributed by atoms with van der Waals surface area (Å²) in [5.41, 5.74) is 3.01. The predicted octanol–water partition coefficient (Wildman–Crippen LogP) is 2.27. The highest BCUT2D eigenvalue weighted by atomic mass is 16.5. The van der Waals surface area contributed by atoms with Gasteiger partial charge in [0, 0.05) is 19.1 Å². The summed E-state index contributed by atoms with van der Waals surface area (Å²) < 4.78 is 5.23. The maximum atomic E-state index is 11.5. The van der Waals surface area contributed by atoms with Crippen molar-refractivity contribution >= 4 is 5.78 Å². The van der Waals surface area contributed by atoms with Crippen LogP contribution < -0.4 is 0 Å². The number of aryl methyl sites for hydroxylation is 1. The first-order valence-electron chi connectivity index (χ1n) is 4.39. The van der Waals surface area contributed by atoms with Gasteiger partial charge in [-0.15, -0.1) is 0 Å². The van der Waals surface area contributed by atoms with Crippen LogP contribution >= 0.6 is 0 Å². The van der Waals surface area contributed by atoms with E-state index in [-0.39, 0.29) is 11.9 Å². The number of Topliss-reactive ketones (excluding diaryl/α,β-unsaturated/α-hetero) is 1. The van der Waals surface area contributed by atoms with Crippen molar-refractivity contribution < 1.29 is 9.53 Å². The van der Waals surface area contributed by atoms with Crippen molar-refractivity contribution in [1.29, 1.82) is 0 Å². The van der Waals surface area contributed by atoms with Gasteiger partial charge in [0.15, 0.2) is 5.78 Å². The molecule has 0 amide bonds. The Morgan fingerprint density at radius 3 is 2.92 bits per heavy atom. The zero-order valence-electron chi connectivity index (χ0n) is 7.83. The second-order valence-electron chi connectivity index (χ2n) is 3.44. The third-order valence-corrected chi connectivity index (χ3v) is 2.51. The Morgan fingerprint density at radius 2 is 2.23 bits per heavy atom. The molecule has 0 saturated carbocycles. The highest BCUT2D eigenvalue weighted by molar-refractivity contribution is 6.01. The molecular formula is C11H12O2. The molecule has 1 atom stereocenters. The van der Waals surface area contributed by atoms with Gasteiger partial charge in [0.1, 0.15) is 0 Å². The van der Waals surface area contributed by atoms with Gasteiger partial charge in [-0.1, -0.05) is 17.7 Å². The van der Waals surface area contributed by atoms with Crippen LogP contribution in [0.1, 0.15) is 34.0 Å². The van der Waals surface area contributed by atoms with E-state index in [1.165, 1.54) is 0 Å². The lowest BCUT2D eigenvalue weighted by Crippen LogP contribution is -1.95. The molecule has 2 rings (SSSR count). The molecule has 0 spiro atoms. The number of benzene rings is 1. The number of rotatable bonds is 1. The number of ether oxygens (including phenoxy) is 1. The van der Waals surface area contributed by atoms with Crippen LogP contribution in [0.4, 0.5) is 0 Å². The van der Waals surface area contributed by atoms with Gasteiger partial charge < -0.3 is 4.74 Å². The second-order valence-corrected chi connectivity index (χ2v) is 3.44. The van der Waals surface area contributed by atoms with Crippen LogP contribution in [0.2, 0.25) is 0 Å². The fourth-order valence-corrected chi connectivity index (χ4v) is 1.79. The van der Waals surface area contributed by atoms with Gasteiger partial charge in [-0.2, -0.15) is 0 Å². The molecule has 1 aromatic rings. The first kappa shape index (κ1) is 8.45. The van der Waals surface area contributed by atoms with Crippen LogP contribution in [0.3, 0.4) is 0 Å². The molecule has 13 heavy (non-hydrogen) atoms. The predicted molar refractivity (Wildman–Crippen MR) is 49.9 cm³/mol. The van der Waals surface area contributed by atoms with Crippen molar-refractivity contribution in [2.24, 2.45) is 0 Å². The molecule has 0 bridgehead atoms. The van der Waals surface area contributed by atoms with E-state index >= 15 is 0 Å². The summed E-state index contributed by atoms with van der Waals surface area (Å²) in [6.07, 6.45) is 0.470. The summed E-state index contributed by atoms with van der Waals surface area (Å²) in [6.45, 7) is 1.99. The summed E-state index contributed by atoms with van der Waals surface area (Å²) >= 11 is 0. The fourth-order valence-electron chi connectivity index (χ4n) is 1.79. The van der Waals surface area contributed by atoms with Gasteiger partial charge in [0.05, 0.1) is 6.10 Å². The van der Waals surface area contributed by atoms with Crippen LogP contribution in [-0.4, -0.2) is 12.9 Å². The lowest BCUT2D eigenvalue weighted by Gasteiger charge is -2.07. The van der Waals surface area contributed by atoms with Gasteiger partial charge >= 0.3 is 0 Å². The molecule has 2 heteroatoms. The van der Waals surface area contributed by atoms with Gasteiger partial charge in [-0.3, -0.25) is 4.79 Å². The molecule has 2 nitrogen and oxygen atoms in total. The number of ketones is 1. The van der Waals surface area contributed by atoms with Crippen LogP contribution in [0.15, 0.2) is 18.2 Å². The lowest BCUT2D eigenvalue weighted by atomic mass is 10.1. The molecule has 0 radical (unpaired) electrons. The molecule has 0 fully saturated rings. The Balaban J connectivity index is 2.52. The summed E-state index contributed by atoms with van der Waals surface area (Å²) in [6, 6.07) is 5.95. The Morgan fingerprint density at radius 1 is 1.46 bits per heavy atom. The molecule has 1 aliphatic rings. The number of methoxy groups -OCH3 is 1. The highest BCUT2D eigenvalue weighted by Crippen LogP contribution is 2.33. The zero-order chi connectivity index (χ0) is 9.42. The number of hydrogen-bond acceptors (Lipinski definition) is 2. The third-order valence-electron chi connectivity index (χ3n) is 2.51. The standard InChI is InChI=1S/C11H12O2/c1-7-3-4-8-9(5-7)10(12)6-11(8)13-2/h3-5,11H,6H2,1-2H3. The van der Waals surface area contributed by atoms with Gasteiger partial charge in [-0.25, -0.2) is 0 Å². The Hall–Kier alpha value is -1.15. The van der Waals surface area contributed by atoms with Crippen molar-refractivity contribution in [1.82, 2.24) is 0 Å². The summed E-state index contributed by atoms with van der Waals surface area (Å²) in [7, 11) is 1.65. The Labute approximate surface area is 77.5 Å². The Bertz CT molecular complexity index is 355. The van der Waals surface area contributed by atoms with E-state index in [0.29, 0.717) is 6.42 Å². The van der Waals surface area contributed by atoms with E-state index in [0.717, 1.165) is 16.7 Å². The summed E-state index contributed by atoms with van der Waals surface area (Å²) in [5.74, 6) is 0.200. The summed E-state index contributed by atoms with van der Waals surface area (Å²) in [4.78, 5) is 11.5. The monoisotopic (exact) mass is 176 g/mol. The number of carbonyl (C=O) groups excluding carboxylic acids is 1.